The van der Waals surface area contributed by atoms with Crippen LogP contribution < -0.4 is 5.32 Å². The Morgan fingerprint density at radius 3 is 2.86 bits per heavy atom. The van der Waals surface area contributed by atoms with Crippen LogP contribution in [0.4, 0.5) is 5.69 Å². The monoisotopic (exact) mass is 396 g/mol. The Hall–Kier alpha value is -2.51. The van der Waals surface area contributed by atoms with Crippen molar-refractivity contribution in [2.45, 2.75) is 33.2 Å². The highest BCUT2D eigenvalue weighted by Crippen LogP contribution is 2.25. The van der Waals surface area contributed by atoms with Gasteiger partial charge in [0.2, 0.25) is 17.6 Å². The number of carbonyl (C=O) groups excluding carboxylic acids is 1. The summed E-state index contributed by atoms with van der Waals surface area (Å²) in [6.45, 7) is 6.26. The maximum absolute atomic E-state index is 12.8. The first kappa shape index (κ1) is 18.8. The summed E-state index contributed by atoms with van der Waals surface area (Å²) >= 11 is 1.59. The van der Waals surface area contributed by atoms with Gasteiger partial charge in [0.1, 0.15) is 0 Å². The van der Waals surface area contributed by atoms with Crippen molar-refractivity contribution in [3.63, 3.8) is 0 Å². The molecule has 3 heterocycles. The van der Waals surface area contributed by atoms with Crippen molar-refractivity contribution in [1.29, 1.82) is 0 Å². The Kier molecular flexibility index (Phi) is 5.54. The van der Waals surface area contributed by atoms with Gasteiger partial charge < -0.3 is 9.84 Å². The van der Waals surface area contributed by atoms with Crippen molar-refractivity contribution in [2.24, 2.45) is 5.92 Å². The number of carbonyl (C=O) groups is 1. The zero-order valence-corrected chi connectivity index (χ0v) is 17.0. The van der Waals surface area contributed by atoms with Crippen LogP contribution >= 0.6 is 11.3 Å². The Bertz CT molecular complexity index is 931. The first-order valence-electron chi connectivity index (χ1n) is 9.56. The molecule has 0 radical (unpaired) electrons. The van der Waals surface area contributed by atoms with Crippen LogP contribution in [0.25, 0.3) is 10.7 Å². The fourth-order valence-electron chi connectivity index (χ4n) is 3.67. The number of hydrogen-bond donors (Lipinski definition) is 1. The lowest BCUT2D eigenvalue weighted by Gasteiger charge is -2.31. The highest BCUT2D eigenvalue weighted by Gasteiger charge is 2.27. The van der Waals surface area contributed by atoms with Crippen LogP contribution in [-0.2, 0) is 11.3 Å². The molecule has 3 aromatic rings. The van der Waals surface area contributed by atoms with Gasteiger partial charge >= 0.3 is 0 Å². The molecule has 1 unspecified atom stereocenters. The highest BCUT2D eigenvalue weighted by atomic mass is 32.1. The fraction of sp³-hybridized carbons (Fsp3) is 0.381. The number of para-hydroxylation sites is 1. The quantitative estimate of drug-likeness (QED) is 0.697. The van der Waals surface area contributed by atoms with E-state index in [1.807, 2.05) is 49.6 Å². The SMILES string of the molecule is Cc1cccc(C)c1NC(=O)C1CCCN(Cc2nc(-c3cccs3)no2)C1. The van der Waals surface area contributed by atoms with Crippen molar-refractivity contribution in [3.05, 3.63) is 52.7 Å². The van der Waals surface area contributed by atoms with Gasteiger partial charge in [-0.05, 0) is 55.8 Å². The van der Waals surface area contributed by atoms with E-state index in [0.717, 1.165) is 41.1 Å². The van der Waals surface area contributed by atoms with Gasteiger partial charge in [0, 0.05) is 12.2 Å². The van der Waals surface area contributed by atoms with Gasteiger partial charge in [-0.3, -0.25) is 9.69 Å². The third-order valence-electron chi connectivity index (χ3n) is 5.17. The number of rotatable bonds is 5. The van der Waals surface area contributed by atoms with Crippen LogP contribution in [0.1, 0.15) is 29.9 Å². The number of thiophene rings is 1. The number of nitrogens with zero attached hydrogens (tertiary/aromatic N) is 3. The number of nitrogens with one attached hydrogen (secondary N) is 1. The summed E-state index contributed by atoms with van der Waals surface area (Å²) in [6, 6.07) is 10.0. The number of aryl methyl sites for hydroxylation is 2. The Balaban J connectivity index is 1.38. The highest BCUT2D eigenvalue weighted by molar-refractivity contribution is 7.13. The lowest BCUT2D eigenvalue weighted by molar-refractivity contribution is -0.121. The molecule has 1 atom stereocenters. The average molecular weight is 397 g/mol. The molecular weight excluding hydrogens is 372 g/mol. The molecule has 28 heavy (non-hydrogen) atoms. The van der Waals surface area contributed by atoms with Crippen molar-refractivity contribution in [2.75, 3.05) is 18.4 Å². The van der Waals surface area contributed by atoms with Crippen LogP contribution in [0.15, 0.2) is 40.2 Å². The van der Waals surface area contributed by atoms with Crippen molar-refractivity contribution >= 4 is 22.9 Å². The Labute approximate surface area is 168 Å². The predicted octanol–water partition coefficient (Wildman–Crippen LogP) is 4.27. The van der Waals surface area contributed by atoms with Crippen LogP contribution in [0.5, 0.6) is 0 Å². The van der Waals surface area contributed by atoms with Gasteiger partial charge in [-0.25, -0.2) is 0 Å². The minimum absolute atomic E-state index is 0.0348. The van der Waals surface area contributed by atoms with E-state index in [0.29, 0.717) is 24.8 Å². The number of piperidine rings is 1. The lowest BCUT2D eigenvalue weighted by atomic mass is 9.96. The van der Waals surface area contributed by atoms with Gasteiger partial charge in [-0.2, -0.15) is 4.98 Å². The molecule has 0 aliphatic carbocycles. The minimum Gasteiger partial charge on any atom is -0.338 e. The van der Waals surface area contributed by atoms with Gasteiger partial charge in [0.15, 0.2) is 0 Å². The number of anilines is 1. The molecule has 0 bridgehead atoms. The van der Waals surface area contributed by atoms with Crippen LogP contribution in [0.2, 0.25) is 0 Å². The van der Waals surface area contributed by atoms with Crippen molar-refractivity contribution in [1.82, 2.24) is 15.0 Å². The topological polar surface area (TPSA) is 71.3 Å². The smallest absolute Gasteiger partial charge is 0.241 e. The summed E-state index contributed by atoms with van der Waals surface area (Å²) in [5.41, 5.74) is 3.11. The van der Waals surface area contributed by atoms with Crippen molar-refractivity contribution in [3.8, 4) is 10.7 Å². The van der Waals surface area contributed by atoms with E-state index in [9.17, 15) is 4.79 Å². The molecule has 1 aromatic carbocycles. The molecule has 0 saturated carbocycles. The summed E-state index contributed by atoms with van der Waals surface area (Å²) in [5, 5.41) is 9.21. The summed E-state index contributed by atoms with van der Waals surface area (Å²) in [4.78, 5) is 20.6. The van der Waals surface area contributed by atoms with Crippen LogP contribution in [0.3, 0.4) is 0 Å². The van der Waals surface area contributed by atoms with Crippen LogP contribution in [0, 0.1) is 19.8 Å². The van der Waals surface area contributed by atoms with Gasteiger partial charge in [0.25, 0.3) is 0 Å². The molecule has 1 fully saturated rings. The summed E-state index contributed by atoms with van der Waals surface area (Å²) in [5.74, 6) is 1.28. The normalized spacial score (nSPS) is 17.6. The third kappa shape index (κ3) is 4.15. The molecule has 6 nitrogen and oxygen atoms in total. The largest absolute Gasteiger partial charge is 0.338 e. The first-order valence-corrected chi connectivity index (χ1v) is 10.4. The zero-order valence-electron chi connectivity index (χ0n) is 16.1. The van der Waals surface area contributed by atoms with Gasteiger partial charge in [-0.15, -0.1) is 11.3 Å². The molecular formula is C21H24N4O2S. The van der Waals surface area contributed by atoms with E-state index in [2.05, 4.69) is 20.4 Å². The summed E-state index contributed by atoms with van der Waals surface area (Å²) in [6.07, 6.45) is 1.88. The van der Waals surface area contributed by atoms with E-state index in [1.54, 1.807) is 11.3 Å². The number of likely N-dealkylation sites (tertiary alicyclic amines) is 1. The van der Waals surface area contributed by atoms with E-state index in [1.165, 1.54) is 0 Å². The van der Waals surface area contributed by atoms with Gasteiger partial charge in [-0.1, -0.05) is 29.4 Å². The third-order valence-corrected chi connectivity index (χ3v) is 6.04. The molecule has 4 rings (SSSR count). The first-order chi connectivity index (χ1) is 13.6. The summed E-state index contributed by atoms with van der Waals surface area (Å²) < 4.78 is 5.42. The fourth-order valence-corrected chi connectivity index (χ4v) is 4.32. The molecule has 2 aromatic heterocycles. The number of hydrogen-bond acceptors (Lipinski definition) is 6. The number of aromatic nitrogens is 2. The van der Waals surface area contributed by atoms with E-state index in [-0.39, 0.29) is 11.8 Å². The second kappa shape index (κ2) is 8.24. The molecule has 0 spiro atoms. The zero-order chi connectivity index (χ0) is 19.5. The molecule has 1 aliphatic rings. The van der Waals surface area contributed by atoms with Crippen LogP contribution in [-0.4, -0.2) is 34.0 Å². The summed E-state index contributed by atoms with van der Waals surface area (Å²) in [7, 11) is 0. The van der Waals surface area contributed by atoms with Crippen molar-refractivity contribution < 1.29 is 9.32 Å². The standard InChI is InChI=1S/C21H24N4O2S/c1-14-6-3-7-15(2)19(14)23-21(26)16-8-4-10-25(12-16)13-18-22-20(24-27-18)17-9-5-11-28-17/h3,5-7,9,11,16H,4,8,10,12-13H2,1-2H3,(H,23,26). The maximum Gasteiger partial charge on any atom is 0.241 e. The predicted molar refractivity (Wildman–Crippen MR) is 110 cm³/mol. The molecule has 1 N–H and O–H groups in total. The Morgan fingerprint density at radius 2 is 2.11 bits per heavy atom. The van der Waals surface area contributed by atoms with E-state index in [4.69, 9.17) is 4.52 Å². The second-order valence-electron chi connectivity index (χ2n) is 7.32. The maximum atomic E-state index is 12.8. The molecule has 1 saturated heterocycles. The lowest BCUT2D eigenvalue weighted by Crippen LogP contribution is -2.40. The molecule has 1 amide bonds. The number of amides is 1. The number of benzene rings is 1. The molecule has 146 valence electrons. The minimum atomic E-state index is -0.0348. The average Bonchev–Trinajstić information content (AvgIpc) is 3.37. The second-order valence-corrected chi connectivity index (χ2v) is 8.27. The van der Waals surface area contributed by atoms with E-state index < -0.39 is 0 Å². The Morgan fingerprint density at radius 1 is 1.29 bits per heavy atom. The molecule has 7 heteroatoms. The van der Waals surface area contributed by atoms with Gasteiger partial charge in [0.05, 0.1) is 17.3 Å². The molecule has 1 aliphatic heterocycles. The van der Waals surface area contributed by atoms with E-state index >= 15 is 0 Å².